The molecule has 2 atom stereocenters. The molecule has 102 valence electrons. The van der Waals surface area contributed by atoms with Gasteiger partial charge in [-0.05, 0) is 32.3 Å². The highest BCUT2D eigenvalue weighted by molar-refractivity contribution is 7.93. The van der Waals surface area contributed by atoms with E-state index in [0.29, 0.717) is 11.3 Å². The Kier molecular flexibility index (Phi) is 2.41. The monoisotopic (exact) mass is 282 g/mol. The van der Waals surface area contributed by atoms with Gasteiger partial charge in [0.2, 0.25) is 10.0 Å². The third kappa shape index (κ3) is 1.44. The lowest BCUT2D eigenvalue weighted by Gasteiger charge is -2.32. The number of nitro benzene ring substituents is 1. The summed E-state index contributed by atoms with van der Waals surface area (Å²) in [5.41, 5.74) is 1.72. The van der Waals surface area contributed by atoms with Crippen molar-refractivity contribution in [3.05, 3.63) is 33.4 Å². The minimum absolute atomic E-state index is 0.0913. The van der Waals surface area contributed by atoms with Gasteiger partial charge >= 0.3 is 0 Å². The number of hydrogen-bond acceptors (Lipinski definition) is 4. The number of rotatable bonds is 1. The molecule has 0 aliphatic carbocycles. The summed E-state index contributed by atoms with van der Waals surface area (Å²) in [5, 5.41) is 10.3. The molecule has 3 rings (SSSR count). The Bertz CT molecular complexity index is 683. The summed E-state index contributed by atoms with van der Waals surface area (Å²) in [7, 11) is -3.52. The van der Waals surface area contributed by atoms with E-state index in [2.05, 4.69) is 0 Å². The molecule has 0 N–H and O–H groups in total. The lowest BCUT2D eigenvalue weighted by atomic mass is 9.94. The highest BCUT2D eigenvalue weighted by Crippen LogP contribution is 2.51. The van der Waals surface area contributed by atoms with Crippen LogP contribution in [0.1, 0.15) is 36.6 Å². The molecule has 19 heavy (non-hydrogen) atoms. The molecule has 0 fully saturated rings. The molecule has 6 nitrogen and oxygen atoms in total. The van der Waals surface area contributed by atoms with Crippen LogP contribution in [-0.2, 0) is 16.4 Å². The molecule has 1 aromatic rings. The van der Waals surface area contributed by atoms with Crippen LogP contribution in [-0.4, -0.2) is 19.4 Å². The summed E-state index contributed by atoms with van der Waals surface area (Å²) < 4.78 is 26.3. The maximum atomic E-state index is 12.5. The summed E-state index contributed by atoms with van der Waals surface area (Å²) in [6.45, 7) is 3.38. The molecule has 2 unspecified atom stereocenters. The van der Waals surface area contributed by atoms with Crippen LogP contribution in [0, 0.1) is 10.1 Å². The van der Waals surface area contributed by atoms with Gasteiger partial charge in [0.1, 0.15) is 5.25 Å². The van der Waals surface area contributed by atoms with Crippen molar-refractivity contribution in [3.63, 3.8) is 0 Å². The topological polar surface area (TPSA) is 80.5 Å². The second-order valence-corrected chi connectivity index (χ2v) is 7.26. The van der Waals surface area contributed by atoms with E-state index in [1.165, 1.54) is 17.3 Å². The van der Waals surface area contributed by atoms with Gasteiger partial charge in [-0.15, -0.1) is 0 Å². The first-order valence-corrected chi connectivity index (χ1v) is 7.69. The average Bonchev–Trinajstić information content (AvgIpc) is 2.55. The second-order valence-electron chi connectivity index (χ2n) is 5.13. The summed E-state index contributed by atoms with van der Waals surface area (Å²) in [4.78, 5) is 10.6. The van der Waals surface area contributed by atoms with Crippen LogP contribution in [0.5, 0.6) is 0 Å². The molecule has 0 radical (unpaired) electrons. The van der Waals surface area contributed by atoms with Gasteiger partial charge in [-0.3, -0.25) is 14.4 Å². The predicted molar refractivity (Wildman–Crippen MR) is 70.7 cm³/mol. The maximum Gasteiger partial charge on any atom is 0.276 e. The summed E-state index contributed by atoms with van der Waals surface area (Å²) in [5.74, 6) is 0. The number of sulfonamides is 1. The van der Waals surface area contributed by atoms with Crippen LogP contribution in [0.3, 0.4) is 0 Å². The highest BCUT2D eigenvalue weighted by atomic mass is 32.2. The van der Waals surface area contributed by atoms with E-state index in [9.17, 15) is 18.5 Å². The molecule has 0 amide bonds. The van der Waals surface area contributed by atoms with Gasteiger partial charge in [0.15, 0.2) is 0 Å². The SMILES string of the molecule is CC1CCc2ccc([N+](=O)[O-])c3c2N1S(=O)(=O)C3C. The first-order valence-electron chi connectivity index (χ1n) is 6.19. The maximum absolute atomic E-state index is 12.5. The fourth-order valence-corrected chi connectivity index (χ4v) is 5.01. The van der Waals surface area contributed by atoms with E-state index in [-0.39, 0.29) is 11.7 Å². The van der Waals surface area contributed by atoms with E-state index in [4.69, 9.17) is 0 Å². The number of hydrogen-bond donors (Lipinski definition) is 0. The van der Waals surface area contributed by atoms with Gasteiger partial charge < -0.3 is 0 Å². The first kappa shape index (κ1) is 12.4. The van der Waals surface area contributed by atoms with Crippen molar-refractivity contribution in [2.24, 2.45) is 0 Å². The zero-order chi connectivity index (χ0) is 13.9. The number of anilines is 1. The van der Waals surface area contributed by atoms with Crippen LogP contribution in [0.4, 0.5) is 11.4 Å². The van der Waals surface area contributed by atoms with Gasteiger partial charge in [0, 0.05) is 12.1 Å². The van der Waals surface area contributed by atoms with Gasteiger partial charge in [-0.25, -0.2) is 8.42 Å². The van der Waals surface area contributed by atoms with E-state index in [1.54, 1.807) is 6.07 Å². The fourth-order valence-electron chi connectivity index (χ4n) is 3.06. The van der Waals surface area contributed by atoms with Gasteiger partial charge in [-0.2, -0.15) is 0 Å². The number of benzene rings is 1. The normalized spacial score (nSPS) is 27.2. The minimum atomic E-state index is -3.52. The van der Waals surface area contributed by atoms with E-state index in [0.717, 1.165) is 18.4 Å². The molecule has 0 saturated carbocycles. The first-order chi connectivity index (χ1) is 8.85. The number of nitrogens with zero attached hydrogens (tertiary/aromatic N) is 2. The smallest absolute Gasteiger partial charge is 0.266 e. The lowest BCUT2D eigenvalue weighted by Crippen LogP contribution is -2.39. The average molecular weight is 282 g/mol. The summed E-state index contributed by atoms with van der Waals surface area (Å²) in [6.07, 6.45) is 1.51. The summed E-state index contributed by atoms with van der Waals surface area (Å²) in [6, 6.07) is 2.98. The zero-order valence-electron chi connectivity index (χ0n) is 10.7. The Labute approximate surface area is 111 Å². The van der Waals surface area contributed by atoms with Crippen molar-refractivity contribution < 1.29 is 13.3 Å². The molecule has 0 aromatic heterocycles. The quantitative estimate of drug-likeness (QED) is 0.583. The Balaban J connectivity index is 2.39. The Morgan fingerprint density at radius 2 is 2.05 bits per heavy atom. The Hall–Kier alpha value is -1.63. The number of nitro groups is 1. The van der Waals surface area contributed by atoms with Crippen LogP contribution < -0.4 is 4.31 Å². The van der Waals surface area contributed by atoms with Crippen molar-refractivity contribution in [3.8, 4) is 0 Å². The van der Waals surface area contributed by atoms with E-state index >= 15 is 0 Å². The molecule has 1 aromatic carbocycles. The van der Waals surface area contributed by atoms with Crippen molar-refractivity contribution in [2.75, 3.05) is 4.31 Å². The van der Waals surface area contributed by atoms with Crippen LogP contribution in [0.15, 0.2) is 12.1 Å². The standard InChI is InChI=1S/C12H14N2O4S/c1-7-3-4-9-5-6-10(14(15)16)11-8(2)19(17,18)13(7)12(9)11/h5-8H,3-4H2,1-2H3. The number of aryl methyl sites for hydroxylation is 1. The van der Waals surface area contributed by atoms with Crippen LogP contribution in [0.2, 0.25) is 0 Å². The second kappa shape index (κ2) is 3.69. The largest absolute Gasteiger partial charge is 0.276 e. The van der Waals surface area contributed by atoms with Crippen molar-refractivity contribution >= 4 is 21.4 Å². The van der Waals surface area contributed by atoms with Crippen molar-refractivity contribution in [2.45, 2.75) is 38.0 Å². The van der Waals surface area contributed by atoms with Crippen LogP contribution in [0.25, 0.3) is 0 Å². The molecule has 0 bridgehead atoms. The van der Waals surface area contributed by atoms with Crippen molar-refractivity contribution in [1.29, 1.82) is 0 Å². The molecule has 2 aliphatic rings. The minimum Gasteiger partial charge on any atom is -0.266 e. The third-order valence-electron chi connectivity index (χ3n) is 4.05. The lowest BCUT2D eigenvalue weighted by molar-refractivity contribution is -0.385. The molecule has 7 heteroatoms. The highest BCUT2D eigenvalue weighted by Gasteiger charge is 2.49. The zero-order valence-corrected chi connectivity index (χ0v) is 11.5. The van der Waals surface area contributed by atoms with Crippen LogP contribution >= 0.6 is 0 Å². The molecule has 0 saturated heterocycles. The predicted octanol–water partition coefficient (Wildman–Crippen LogP) is 2.14. The molecule has 0 spiro atoms. The van der Waals surface area contributed by atoms with E-state index in [1.807, 2.05) is 6.92 Å². The van der Waals surface area contributed by atoms with Crippen molar-refractivity contribution in [1.82, 2.24) is 0 Å². The molecular weight excluding hydrogens is 268 g/mol. The van der Waals surface area contributed by atoms with Gasteiger partial charge in [0.25, 0.3) is 5.69 Å². The third-order valence-corrected chi connectivity index (χ3v) is 6.27. The van der Waals surface area contributed by atoms with Gasteiger partial charge in [-0.1, -0.05) is 6.07 Å². The fraction of sp³-hybridized carbons (Fsp3) is 0.500. The molecule has 2 heterocycles. The Morgan fingerprint density at radius 1 is 1.37 bits per heavy atom. The van der Waals surface area contributed by atoms with E-state index < -0.39 is 20.2 Å². The Morgan fingerprint density at radius 3 is 2.68 bits per heavy atom. The molecular formula is C12H14N2O4S. The molecule has 2 aliphatic heterocycles. The summed E-state index contributed by atoms with van der Waals surface area (Å²) >= 11 is 0. The van der Waals surface area contributed by atoms with Gasteiger partial charge in [0.05, 0.1) is 16.2 Å².